The average molecular weight is 389 g/mol. The van der Waals surface area contributed by atoms with Crippen LogP contribution in [0, 0.1) is 6.92 Å². The Morgan fingerprint density at radius 3 is 2.35 bits per heavy atom. The number of aryl methyl sites for hydroxylation is 1. The van der Waals surface area contributed by atoms with E-state index in [0.29, 0.717) is 10.8 Å². The minimum absolute atomic E-state index is 0.0327. The van der Waals surface area contributed by atoms with Gasteiger partial charge in [0.1, 0.15) is 11.3 Å². The molecule has 0 aliphatic heterocycles. The molecule has 3 aromatic rings. The highest BCUT2D eigenvalue weighted by Crippen LogP contribution is 2.32. The van der Waals surface area contributed by atoms with Crippen LogP contribution in [0.5, 0.6) is 0 Å². The molecule has 0 radical (unpaired) electrons. The Hall–Kier alpha value is -1.35. The fourth-order valence-electron chi connectivity index (χ4n) is 2.08. The maximum absolute atomic E-state index is 13.0. The van der Waals surface area contributed by atoms with Gasteiger partial charge in [0.25, 0.3) is 0 Å². The van der Waals surface area contributed by atoms with Gasteiger partial charge in [0.15, 0.2) is 15.7 Å². The predicted molar refractivity (Wildman–Crippen MR) is 90.9 cm³/mol. The van der Waals surface area contributed by atoms with Gasteiger partial charge in [-0.3, -0.25) is 0 Å². The monoisotopic (exact) mass is 388 g/mol. The Kier molecular flexibility index (Phi) is 4.26. The predicted octanol–water partition coefficient (Wildman–Crippen LogP) is 3.40. The van der Waals surface area contributed by atoms with Crippen LogP contribution in [-0.2, 0) is 9.84 Å². The summed E-state index contributed by atoms with van der Waals surface area (Å²) in [6.07, 6.45) is 1.71. The number of benzene rings is 1. The molecule has 0 aliphatic carbocycles. The Balaban J connectivity index is 2.36. The van der Waals surface area contributed by atoms with Crippen LogP contribution >= 0.6 is 35.1 Å². The molecule has 0 bridgehead atoms. The van der Waals surface area contributed by atoms with E-state index in [1.165, 1.54) is 28.4 Å². The number of hydrogen-bond acceptors (Lipinski definition) is 6. The molecule has 0 aliphatic rings. The summed E-state index contributed by atoms with van der Waals surface area (Å²) in [5, 5.41) is 4.74. The van der Waals surface area contributed by atoms with E-state index >= 15 is 0 Å². The number of rotatable bonds is 3. The quantitative estimate of drug-likeness (QED) is 0.639. The van der Waals surface area contributed by atoms with Gasteiger partial charge in [-0.2, -0.15) is 9.19 Å². The second kappa shape index (κ2) is 5.94. The Morgan fingerprint density at radius 1 is 1.09 bits per heavy atom. The SMILES string of the molecule is CSn1nc2c(Cl)nc(C)nc2c1S(=O)(=O)c1ccc(Cl)cc1. The van der Waals surface area contributed by atoms with Crippen LogP contribution in [0.2, 0.25) is 10.2 Å². The first-order valence-corrected chi connectivity index (χ1v) is 9.74. The van der Waals surface area contributed by atoms with Crippen molar-refractivity contribution in [3.8, 4) is 0 Å². The third-order valence-electron chi connectivity index (χ3n) is 3.07. The second-order valence-electron chi connectivity index (χ2n) is 4.58. The van der Waals surface area contributed by atoms with Crippen molar-refractivity contribution in [1.29, 1.82) is 0 Å². The fraction of sp³-hybridized carbons (Fsp3) is 0.154. The zero-order chi connectivity index (χ0) is 16.8. The number of nitrogens with zero attached hydrogens (tertiary/aromatic N) is 4. The zero-order valence-corrected chi connectivity index (χ0v) is 15.1. The van der Waals surface area contributed by atoms with Crippen molar-refractivity contribution in [2.45, 2.75) is 16.8 Å². The highest BCUT2D eigenvalue weighted by molar-refractivity contribution is 7.98. The van der Waals surface area contributed by atoms with Crippen molar-refractivity contribution in [3.05, 3.63) is 40.3 Å². The first-order chi connectivity index (χ1) is 10.8. The maximum atomic E-state index is 13.0. The van der Waals surface area contributed by atoms with Crippen molar-refractivity contribution < 1.29 is 8.42 Å². The topological polar surface area (TPSA) is 77.7 Å². The van der Waals surface area contributed by atoms with E-state index in [2.05, 4.69) is 15.1 Å². The largest absolute Gasteiger partial charge is 0.228 e. The third-order valence-corrected chi connectivity index (χ3v) is 6.08. The molecule has 120 valence electrons. The van der Waals surface area contributed by atoms with Crippen molar-refractivity contribution in [3.63, 3.8) is 0 Å². The Labute approximate surface area is 146 Å². The lowest BCUT2D eigenvalue weighted by Gasteiger charge is -2.06. The average Bonchev–Trinajstić information content (AvgIpc) is 2.87. The fourth-order valence-corrected chi connectivity index (χ4v) is 4.75. The molecule has 0 spiro atoms. The van der Waals surface area contributed by atoms with Gasteiger partial charge >= 0.3 is 0 Å². The van der Waals surface area contributed by atoms with Crippen LogP contribution in [0.25, 0.3) is 11.0 Å². The van der Waals surface area contributed by atoms with E-state index in [-0.39, 0.29) is 26.1 Å². The molecule has 23 heavy (non-hydrogen) atoms. The molecule has 0 saturated carbocycles. The molecule has 0 unspecified atom stereocenters. The maximum Gasteiger partial charge on any atom is 0.226 e. The van der Waals surface area contributed by atoms with Gasteiger partial charge in [-0.1, -0.05) is 23.2 Å². The molecule has 0 atom stereocenters. The molecule has 0 amide bonds. The highest BCUT2D eigenvalue weighted by atomic mass is 35.5. The molecule has 2 aromatic heterocycles. The number of sulfone groups is 1. The van der Waals surface area contributed by atoms with Crippen molar-refractivity contribution in [2.24, 2.45) is 0 Å². The minimum atomic E-state index is -3.84. The van der Waals surface area contributed by atoms with Crippen LogP contribution in [0.4, 0.5) is 0 Å². The molecule has 0 fully saturated rings. The van der Waals surface area contributed by atoms with Crippen LogP contribution in [0.3, 0.4) is 0 Å². The molecule has 0 saturated heterocycles. The van der Waals surface area contributed by atoms with Gasteiger partial charge in [-0.25, -0.2) is 18.4 Å². The molecular formula is C13H10Cl2N4O2S2. The Bertz CT molecular complexity index is 1000. The third kappa shape index (κ3) is 2.80. The standard InChI is InChI=1S/C13H10Cl2N4O2S2/c1-7-16-11-10(12(15)17-7)18-19(22-2)13(11)23(20,21)9-5-3-8(14)4-6-9/h3-6H,1-2H3. The lowest BCUT2D eigenvalue weighted by atomic mass is 10.4. The van der Waals surface area contributed by atoms with Crippen molar-refractivity contribution in [2.75, 3.05) is 6.26 Å². The van der Waals surface area contributed by atoms with E-state index in [4.69, 9.17) is 23.2 Å². The lowest BCUT2D eigenvalue weighted by Crippen LogP contribution is -2.08. The number of hydrogen-bond donors (Lipinski definition) is 0. The van der Waals surface area contributed by atoms with Gasteiger partial charge < -0.3 is 0 Å². The molecule has 6 nitrogen and oxygen atoms in total. The summed E-state index contributed by atoms with van der Waals surface area (Å²) in [5.74, 6) is 0.371. The smallest absolute Gasteiger partial charge is 0.226 e. The summed E-state index contributed by atoms with van der Waals surface area (Å²) >= 11 is 13.0. The summed E-state index contributed by atoms with van der Waals surface area (Å²) in [6.45, 7) is 1.64. The van der Waals surface area contributed by atoms with Crippen molar-refractivity contribution >= 4 is 56.0 Å². The van der Waals surface area contributed by atoms with Crippen LogP contribution in [0.15, 0.2) is 34.2 Å². The minimum Gasteiger partial charge on any atom is -0.228 e. The molecule has 3 rings (SSSR count). The molecule has 0 N–H and O–H groups in total. The van der Waals surface area contributed by atoms with Crippen LogP contribution in [-0.4, -0.2) is 33.8 Å². The Morgan fingerprint density at radius 2 is 1.74 bits per heavy atom. The van der Waals surface area contributed by atoms with Crippen molar-refractivity contribution in [1.82, 2.24) is 19.2 Å². The lowest BCUT2D eigenvalue weighted by molar-refractivity contribution is 0.591. The number of aromatic nitrogens is 4. The summed E-state index contributed by atoms with van der Waals surface area (Å²) in [7, 11) is -3.84. The van der Waals surface area contributed by atoms with Gasteiger partial charge in [-0.05, 0) is 43.1 Å². The molecule has 1 aromatic carbocycles. The first-order valence-electron chi connectivity index (χ1n) is 6.32. The molecule has 2 heterocycles. The zero-order valence-electron chi connectivity index (χ0n) is 12.0. The number of halogens is 2. The summed E-state index contributed by atoms with van der Waals surface area (Å²) in [5.41, 5.74) is 0.450. The van der Waals surface area contributed by atoms with Gasteiger partial charge in [0.2, 0.25) is 9.84 Å². The van der Waals surface area contributed by atoms with Gasteiger partial charge in [-0.15, -0.1) is 0 Å². The van der Waals surface area contributed by atoms with Gasteiger partial charge in [0, 0.05) is 11.3 Å². The van der Waals surface area contributed by atoms with Crippen LogP contribution in [0.1, 0.15) is 5.82 Å². The molecule has 10 heteroatoms. The normalized spacial score (nSPS) is 12.0. The summed E-state index contributed by atoms with van der Waals surface area (Å²) in [6, 6.07) is 5.92. The van der Waals surface area contributed by atoms with E-state index in [1.54, 1.807) is 13.2 Å². The first kappa shape index (κ1) is 16.5. The van der Waals surface area contributed by atoms with E-state index in [0.717, 1.165) is 11.9 Å². The second-order valence-corrected chi connectivity index (χ2v) is 7.95. The highest BCUT2D eigenvalue weighted by Gasteiger charge is 2.29. The van der Waals surface area contributed by atoms with E-state index < -0.39 is 9.84 Å². The molecular weight excluding hydrogens is 379 g/mol. The number of fused-ring (bicyclic) bond motifs is 1. The van der Waals surface area contributed by atoms with E-state index in [9.17, 15) is 8.42 Å². The van der Waals surface area contributed by atoms with E-state index in [1.807, 2.05) is 0 Å². The summed E-state index contributed by atoms with van der Waals surface area (Å²) < 4.78 is 27.3. The van der Waals surface area contributed by atoms with Gasteiger partial charge in [0.05, 0.1) is 4.90 Å². The summed E-state index contributed by atoms with van der Waals surface area (Å²) in [4.78, 5) is 8.33. The van der Waals surface area contributed by atoms with Crippen LogP contribution < -0.4 is 0 Å².